The summed E-state index contributed by atoms with van der Waals surface area (Å²) in [6.45, 7) is 2.99. The first-order chi connectivity index (χ1) is 12.2. The number of rotatable bonds is 12. The van der Waals surface area contributed by atoms with Crippen molar-refractivity contribution < 1.29 is 14.6 Å². The van der Waals surface area contributed by atoms with E-state index in [0.29, 0.717) is 12.5 Å². The predicted molar refractivity (Wildman–Crippen MR) is 101 cm³/mol. The van der Waals surface area contributed by atoms with Gasteiger partial charge < -0.3 is 9.84 Å². The molecule has 2 aliphatic carbocycles. The lowest BCUT2D eigenvalue weighted by Crippen LogP contribution is -2.30. The van der Waals surface area contributed by atoms with Gasteiger partial charge in [0.05, 0.1) is 6.10 Å². The number of aliphatic carboxylic acids is 1. The fourth-order valence-corrected chi connectivity index (χ4v) is 4.78. The van der Waals surface area contributed by atoms with E-state index in [1.165, 1.54) is 38.5 Å². The molecule has 25 heavy (non-hydrogen) atoms. The van der Waals surface area contributed by atoms with Crippen LogP contribution in [0.25, 0.3) is 0 Å². The van der Waals surface area contributed by atoms with Crippen LogP contribution in [0.15, 0.2) is 0 Å². The van der Waals surface area contributed by atoms with Crippen LogP contribution in [-0.2, 0) is 9.53 Å². The highest BCUT2D eigenvalue weighted by Gasteiger charge is 2.47. The molecule has 4 unspecified atom stereocenters. The average Bonchev–Trinajstić information content (AvgIpc) is 3.19. The van der Waals surface area contributed by atoms with Gasteiger partial charge in [-0.2, -0.15) is 0 Å². The fraction of sp³-hybridized carbons (Fsp3) is 0.864. The van der Waals surface area contributed by atoms with Crippen molar-refractivity contribution in [2.45, 2.75) is 96.5 Å². The summed E-state index contributed by atoms with van der Waals surface area (Å²) >= 11 is 0. The third-order valence-corrected chi connectivity index (χ3v) is 5.99. The van der Waals surface area contributed by atoms with Crippen molar-refractivity contribution in [2.75, 3.05) is 6.61 Å². The van der Waals surface area contributed by atoms with E-state index in [0.717, 1.165) is 62.9 Å². The molecule has 4 atom stereocenters. The number of carboxylic acids is 1. The summed E-state index contributed by atoms with van der Waals surface area (Å²) in [6, 6.07) is 0. The molecule has 0 saturated heterocycles. The van der Waals surface area contributed by atoms with E-state index in [4.69, 9.17) is 9.84 Å². The summed E-state index contributed by atoms with van der Waals surface area (Å²) in [5.74, 6) is 8.14. The number of ether oxygens (including phenoxy) is 1. The van der Waals surface area contributed by atoms with Gasteiger partial charge in [-0.3, -0.25) is 4.79 Å². The topological polar surface area (TPSA) is 46.5 Å². The Morgan fingerprint density at radius 1 is 1.04 bits per heavy atom. The van der Waals surface area contributed by atoms with Crippen LogP contribution < -0.4 is 0 Å². The average molecular weight is 349 g/mol. The Kier molecular flexibility index (Phi) is 9.40. The Bertz CT molecular complexity index is 448. The molecule has 3 heteroatoms. The van der Waals surface area contributed by atoms with Crippen molar-refractivity contribution in [1.29, 1.82) is 0 Å². The number of hydrogen-bond acceptors (Lipinski definition) is 2. The van der Waals surface area contributed by atoms with Crippen molar-refractivity contribution in [1.82, 2.24) is 0 Å². The van der Waals surface area contributed by atoms with Crippen LogP contribution in [0.2, 0.25) is 0 Å². The normalized spacial score (nSPS) is 27.2. The highest BCUT2D eigenvalue weighted by molar-refractivity contribution is 5.66. The van der Waals surface area contributed by atoms with Gasteiger partial charge in [0.2, 0.25) is 0 Å². The minimum atomic E-state index is -0.665. The molecular formula is C22H36O3. The summed E-state index contributed by atoms with van der Waals surface area (Å²) in [7, 11) is 0. The third kappa shape index (κ3) is 7.02. The Balaban J connectivity index is 1.60. The van der Waals surface area contributed by atoms with Gasteiger partial charge in [0.25, 0.3) is 0 Å². The van der Waals surface area contributed by atoms with Gasteiger partial charge in [-0.1, -0.05) is 26.2 Å². The van der Waals surface area contributed by atoms with Crippen LogP contribution >= 0.6 is 0 Å². The van der Waals surface area contributed by atoms with Gasteiger partial charge >= 0.3 is 5.97 Å². The molecule has 2 saturated carbocycles. The molecule has 0 amide bonds. The maximum Gasteiger partial charge on any atom is 0.303 e. The molecule has 0 aliphatic heterocycles. The zero-order valence-corrected chi connectivity index (χ0v) is 16.0. The molecule has 142 valence electrons. The molecular weight excluding hydrogens is 312 g/mol. The summed E-state index contributed by atoms with van der Waals surface area (Å²) < 4.78 is 6.34. The number of carbonyl (C=O) groups is 1. The second-order valence-electron chi connectivity index (χ2n) is 7.84. The van der Waals surface area contributed by atoms with Crippen LogP contribution in [0.4, 0.5) is 0 Å². The Morgan fingerprint density at radius 3 is 2.64 bits per heavy atom. The zero-order valence-electron chi connectivity index (χ0n) is 16.0. The van der Waals surface area contributed by atoms with Crippen molar-refractivity contribution in [3.8, 4) is 11.8 Å². The molecule has 0 aromatic rings. The van der Waals surface area contributed by atoms with Crippen molar-refractivity contribution in [3.05, 3.63) is 0 Å². The van der Waals surface area contributed by atoms with E-state index in [9.17, 15) is 4.79 Å². The second-order valence-corrected chi connectivity index (χ2v) is 7.84. The largest absolute Gasteiger partial charge is 0.481 e. The molecule has 1 N–H and O–H groups in total. The van der Waals surface area contributed by atoms with Crippen molar-refractivity contribution >= 4 is 5.97 Å². The third-order valence-electron chi connectivity index (χ3n) is 5.99. The molecule has 2 fully saturated rings. The minimum Gasteiger partial charge on any atom is -0.481 e. The lowest BCUT2D eigenvalue weighted by atomic mass is 9.82. The molecule has 2 bridgehead atoms. The number of hydrogen-bond donors (Lipinski definition) is 1. The predicted octanol–water partition coefficient (Wildman–Crippen LogP) is 5.43. The minimum absolute atomic E-state index is 0.322. The first-order valence-corrected chi connectivity index (χ1v) is 10.5. The Morgan fingerprint density at radius 2 is 1.84 bits per heavy atom. The van der Waals surface area contributed by atoms with Crippen LogP contribution in [0.1, 0.15) is 90.4 Å². The van der Waals surface area contributed by atoms with E-state index in [1.54, 1.807) is 0 Å². The van der Waals surface area contributed by atoms with E-state index in [-0.39, 0.29) is 0 Å². The van der Waals surface area contributed by atoms with Gasteiger partial charge in [-0.25, -0.2) is 0 Å². The van der Waals surface area contributed by atoms with Gasteiger partial charge in [0.15, 0.2) is 0 Å². The van der Waals surface area contributed by atoms with Crippen LogP contribution in [0.5, 0.6) is 0 Å². The van der Waals surface area contributed by atoms with Crippen LogP contribution in [-0.4, -0.2) is 23.8 Å². The fourth-order valence-electron chi connectivity index (χ4n) is 4.78. The summed E-state index contributed by atoms with van der Waals surface area (Å²) in [4.78, 5) is 10.5. The van der Waals surface area contributed by atoms with Gasteiger partial charge in [0, 0.05) is 25.9 Å². The molecule has 0 radical (unpaired) electrons. The summed E-state index contributed by atoms with van der Waals surface area (Å²) in [6.07, 6.45) is 14.8. The molecule has 0 aromatic heterocycles. The van der Waals surface area contributed by atoms with E-state index >= 15 is 0 Å². The maximum absolute atomic E-state index is 10.5. The smallest absolute Gasteiger partial charge is 0.303 e. The monoisotopic (exact) mass is 348 g/mol. The van der Waals surface area contributed by atoms with Gasteiger partial charge in [0.1, 0.15) is 0 Å². The quantitative estimate of drug-likeness (QED) is 0.378. The molecule has 0 spiro atoms. The van der Waals surface area contributed by atoms with Crippen LogP contribution in [0, 0.1) is 29.6 Å². The van der Waals surface area contributed by atoms with E-state index in [1.807, 2.05) is 0 Å². The standard InChI is InChI=1S/C22H36O3/c1-2-3-4-5-8-11-16-25-22-19-15-14-18(17-19)20(22)12-9-6-7-10-13-21(23)24/h18-20,22H,2,5-17H2,1H3,(H,23,24). The second kappa shape index (κ2) is 11.6. The molecule has 2 aliphatic rings. The zero-order chi connectivity index (χ0) is 17.9. The summed E-state index contributed by atoms with van der Waals surface area (Å²) in [5, 5.41) is 8.69. The van der Waals surface area contributed by atoms with Crippen molar-refractivity contribution in [3.63, 3.8) is 0 Å². The van der Waals surface area contributed by atoms with E-state index in [2.05, 4.69) is 18.8 Å². The summed E-state index contributed by atoms with van der Waals surface area (Å²) in [5.41, 5.74) is 0. The van der Waals surface area contributed by atoms with E-state index < -0.39 is 5.97 Å². The lowest BCUT2D eigenvalue weighted by molar-refractivity contribution is -0.137. The Hall–Kier alpha value is -1.01. The molecule has 2 rings (SSSR count). The first-order valence-electron chi connectivity index (χ1n) is 10.5. The van der Waals surface area contributed by atoms with Gasteiger partial charge in [-0.05, 0) is 62.7 Å². The number of fused-ring (bicyclic) bond motifs is 2. The van der Waals surface area contributed by atoms with Gasteiger partial charge in [-0.15, -0.1) is 11.8 Å². The SMILES string of the molecule is CCC#CCCCCOC1C2CCC(C2)C1CCCCCCC(=O)O. The highest BCUT2D eigenvalue weighted by atomic mass is 16.5. The maximum atomic E-state index is 10.5. The molecule has 3 nitrogen and oxygen atoms in total. The number of carboxylic acid groups (broad SMARTS) is 1. The highest BCUT2D eigenvalue weighted by Crippen LogP contribution is 2.51. The lowest BCUT2D eigenvalue weighted by Gasteiger charge is -2.31. The molecule has 0 heterocycles. The Labute approximate surface area is 153 Å². The van der Waals surface area contributed by atoms with Crippen LogP contribution in [0.3, 0.4) is 0 Å². The molecule has 0 aromatic carbocycles. The van der Waals surface area contributed by atoms with Crippen molar-refractivity contribution in [2.24, 2.45) is 17.8 Å². The number of unbranched alkanes of at least 4 members (excludes halogenated alkanes) is 5. The first kappa shape index (κ1) is 20.3.